The first-order chi connectivity index (χ1) is 16.0. The molecule has 9 nitrogen and oxygen atoms in total. The van der Waals surface area contributed by atoms with E-state index in [1.807, 2.05) is 18.2 Å². The second-order valence-corrected chi connectivity index (χ2v) is 8.40. The number of hydrogen-bond donors (Lipinski definition) is 2. The van der Waals surface area contributed by atoms with E-state index in [0.29, 0.717) is 23.7 Å². The third-order valence-corrected chi connectivity index (χ3v) is 6.18. The molecular formula is C24H26N4O5. The first-order valence-electron chi connectivity index (χ1n) is 11.0. The molecule has 9 heteroatoms. The predicted molar refractivity (Wildman–Crippen MR) is 123 cm³/mol. The minimum Gasteiger partial charge on any atom is -0.496 e. The van der Waals surface area contributed by atoms with E-state index < -0.39 is 12.0 Å². The number of methoxy groups -OCH3 is 2. The number of carbonyl (C=O) groups excluding carboxylic acids is 2. The number of esters is 1. The highest BCUT2D eigenvalue weighted by Crippen LogP contribution is 2.39. The van der Waals surface area contributed by atoms with Crippen LogP contribution in [0, 0.1) is 5.92 Å². The molecule has 1 fully saturated rings. The lowest BCUT2D eigenvalue weighted by Crippen LogP contribution is -2.37. The van der Waals surface area contributed by atoms with Crippen molar-refractivity contribution >= 4 is 28.6 Å². The number of aryl methyl sites for hydroxylation is 1. The number of rotatable bonds is 7. The highest BCUT2D eigenvalue weighted by Gasteiger charge is 2.35. The number of imidazole rings is 1. The number of hydrogen-bond acceptors (Lipinski definition) is 7. The number of nitrogens with one attached hydrogen (secondary N) is 1. The summed E-state index contributed by atoms with van der Waals surface area (Å²) >= 11 is 0. The molecule has 5 rings (SSSR count). The molecule has 1 atom stereocenters. The van der Waals surface area contributed by atoms with Gasteiger partial charge in [0, 0.05) is 23.9 Å². The number of amides is 1. The standard InChI is InChI=1S/C24H26N4O5/c1-31-18-7-6-14(10-16(18)24(30)32-2)23-27-17-11-15(26-20(22(25)29)13-4-5-13)12-19-21(17)28(23)8-3-9-33-19/h6-7,10-13,20,26H,3-5,8-9H2,1-2H3,(H2,25,29)/t20-/m0/s1. The average Bonchev–Trinajstić information content (AvgIpc) is 3.62. The maximum atomic E-state index is 12.3. The molecule has 3 N–H and O–H groups in total. The number of ether oxygens (including phenoxy) is 3. The fraction of sp³-hybridized carbons (Fsp3) is 0.375. The molecule has 1 amide bonds. The Morgan fingerprint density at radius 3 is 2.76 bits per heavy atom. The van der Waals surface area contributed by atoms with Crippen LogP contribution in [-0.2, 0) is 16.1 Å². The minimum atomic E-state index is -0.478. The van der Waals surface area contributed by atoms with Crippen LogP contribution < -0.4 is 20.5 Å². The number of nitrogens with two attached hydrogens (primary N) is 1. The fourth-order valence-corrected chi connectivity index (χ4v) is 4.41. The molecule has 1 aliphatic carbocycles. The molecule has 0 saturated heterocycles. The summed E-state index contributed by atoms with van der Waals surface area (Å²) in [5.74, 6) is 1.29. The van der Waals surface area contributed by atoms with Crippen molar-refractivity contribution in [1.29, 1.82) is 0 Å². The van der Waals surface area contributed by atoms with Gasteiger partial charge in [0.15, 0.2) is 0 Å². The molecule has 1 aliphatic heterocycles. The van der Waals surface area contributed by atoms with E-state index in [9.17, 15) is 9.59 Å². The van der Waals surface area contributed by atoms with Gasteiger partial charge < -0.3 is 29.8 Å². The summed E-state index contributed by atoms with van der Waals surface area (Å²) in [4.78, 5) is 29.1. The maximum absolute atomic E-state index is 12.3. The summed E-state index contributed by atoms with van der Waals surface area (Å²) < 4.78 is 18.4. The van der Waals surface area contributed by atoms with Crippen LogP contribution in [0.15, 0.2) is 30.3 Å². The lowest BCUT2D eigenvalue weighted by molar-refractivity contribution is -0.119. The Bertz CT molecular complexity index is 1250. The topological polar surface area (TPSA) is 118 Å². The molecule has 0 radical (unpaired) electrons. The van der Waals surface area contributed by atoms with Crippen LogP contribution in [-0.4, -0.2) is 48.3 Å². The Hall–Kier alpha value is -3.75. The molecule has 0 spiro atoms. The molecule has 3 aromatic rings. The summed E-state index contributed by atoms with van der Waals surface area (Å²) in [7, 11) is 2.85. The summed E-state index contributed by atoms with van der Waals surface area (Å²) in [6, 6.07) is 8.75. The van der Waals surface area contributed by atoms with E-state index in [4.69, 9.17) is 24.9 Å². The molecule has 33 heavy (non-hydrogen) atoms. The van der Waals surface area contributed by atoms with Crippen molar-refractivity contribution in [2.45, 2.75) is 31.8 Å². The molecule has 1 aromatic heterocycles. The molecular weight excluding hydrogens is 424 g/mol. The van der Waals surface area contributed by atoms with Gasteiger partial charge in [-0.15, -0.1) is 0 Å². The molecule has 2 heterocycles. The largest absolute Gasteiger partial charge is 0.496 e. The van der Waals surface area contributed by atoms with E-state index in [1.54, 1.807) is 12.1 Å². The quantitative estimate of drug-likeness (QED) is 0.531. The van der Waals surface area contributed by atoms with E-state index in [-0.39, 0.29) is 11.8 Å². The summed E-state index contributed by atoms with van der Waals surface area (Å²) in [6.07, 6.45) is 2.79. The van der Waals surface area contributed by atoms with E-state index in [2.05, 4.69) is 9.88 Å². The van der Waals surface area contributed by atoms with Gasteiger partial charge in [-0.1, -0.05) is 0 Å². The summed E-state index contributed by atoms with van der Waals surface area (Å²) in [5, 5.41) is 3.29. The van der Waals surface area contributed by atoms with Crippen molar-refractivity contribution in [3.05, 3.63) is 35.9 Å². The SMILES string of the molecule is COC(=O)c1cc(-c2nc3cc(N[C@H](C(N)=O)C4CC4)cc4c3n2CCCO4)ccc1OC. The zero-order valence-electron chi connectivity index (χ0n) is 18.6. The van der Waals surface area contributed by atoms with Gasteiger partial charge in [-0.3, -0.25) is 4.79 Å². The fourth-order valence-electron chi connectivity index (χ4n) is 4.41. The maximum Gasteiger partial charge on any atom is 0.341 e. The second-order valence-electron chi connectivity index (χ2n) is 8.40. The monoisotopic (exact) mass is 450 g/mol. The van der Waals surface area contributed by atoms with Gasteiger partial charge in [0.1, 0.15) is 34.4 Å². The van der Waals surface area contributed by atoms with Gasteiger partial charge >= 0.3 is 5.97 Å². The van der Waals surface area contributed by atoms with Crippen molar-refractivity contribution in [3.8, 4) is 22.9 Å². The van der Waals surface area contributed by atoms with Gasteiger partial charge in [0.2, 0.25) is 5.91 Å². The molecule has 2 aromatic carbocycles. The average molecular weight is 450 g/mol. The lowest BCUT2D eigenvalue weighted by Gasteiger charge is -2.17. The van der Waals surface area contributed by atoms with Crippen molar-refractivity contribution in [3.63, 3.8) is 0 Å². The zero-order valence-corrected chi connectivity index (χ0v) is 18.6. The van der Waals surface area contributed by atoms with Crippen LogP contribution in [0.25, 0.3) is 22.4 Å². The summed E-state index contributed by atoms with van der Waals surface area (Å²) in [5.41, 5.74) is 9.08. The third-order valence-electron chi connectivity index (χ3n) is 6.18. The number of benzene rings is 2. The Kier molecular flexibility index (Phi) is 5.32. The third kappa shape index (κ3) is 3.83. The minimum absolute atomic E-state index is 0.266. The van der Waals surface area contributed by atoms with Gasteiger partial charge in [-0.05, 0) is 49.4 Å². The number of primary amides is 1. The van der Waals surface area contributed by atoms with Gasteiger partial charge in [-0.25, -0.2) is 9.78 Å². The van der Waals surface area contributed by atoms with Gasteiger partial charge in [-0.2, -0.15) is 0 Å². The van der Waals surface area contributed by atoms with E-state index in [0.717, 1.165) is 53.9 Å². The van der Waals surface area contributed by atoms with Crippen molar-refractivity contribution in [2.75, 3.05) is 26.1 Å². The first-order valence-corrected chi connectivity index (χ1v) is 11.0. The molecule has 0 bridgehead atoms. The highest BCUT2D eigenvalue weighted by molar-refractivity contribution is 5.95. The van der Waals surface area contributed by atoms with Gasteiger partial charge in [0.05, 0.1) is 26.3 Å². The molecule has 2 aliphatic rings. The predicted octanol–water partition coefficient (Wildman–Crippen LogP) is 2.96. The van der Waals surface area contributed by atoms with Crippen LogP contribution in [0.1, 0.15) is 29.6 Å². The molecule has 1 saturated carbocycles. The van der Waals surface area contributed by atoms with Crippen LogP contribution in [0.2, 0.25) is 0 Å². The normalized spacial score (nSPS) is 15.9. The van der Waals surface area contributed by atoms with Crippen molar-refractivity contribution in [1.82, 2.24) is 9.55 Å². The lowest BCUT2D eigenvalue weighted by atomic mass is 10.1. The zero-order chi connectivity index (χ0) is 23.1. The van der Waals surface area contributed by atoms with E-state index >= 15 is 0 Å². The van der Waals surface area contributed by atoms with Crippen molar-refractivity contribution in [2.24, 2.45) is 11.7 Å². The summed E-state index contributed by atoms with van der Waals surface area (Å²) in [6.45, 7) is 1.29. The van der Waals surface area contributed by atoms with Crippen LogP contribution >= 0.6 is 0 Å². The van der Waals surface area contributed by atoms with Crippen LogP contribution in [0.3, 0.4) is 0 Å². The molecule has 0 unspecified atom stereocenters. The number of carbonyl (C=O) groups is 2. The number of nitrogens with zero attached hydrogens (tertiary/aromatic N) is 2. The Morgan fingerprint density at radius 2 is 2.06 bits per heavy atom. The Morgan fingerprint density at radius 1 is 1.24 bits per heavy atom. The van der Waals surface area contributed by atoms with Crippen LogP contribution in [0.5, 0.6) is 11.5 Å². The van der Waals surface area contributed by atoms with Gasteiger partial charge in [0.25, 0.3) is 0 Å². The second kappa shape index (κ2) is 8.31. The molecule has 172 valence electrons. The van der Waals surface area contributed by atoms with Crippen molar-refractivity contribution < 1.29 is 23.8 Å². The Labute approximate surface area is 190 Å². The Balaban J connectivity index is 1.61. The smallest absolute Gasteiger partial charge is 0.341 e. The van der Waals surface area contributed by atoms with Crippen LogP contribution in [0.4, 0.5) is 5.69 Å². The van der Waals surface area contributed by atoms with E-state index in [1.165, 1.54) is 14.2 Å². The highest BCUT2D eigenvalue weighted by atomic mass is 16.5. The number of anilines is 1. The number of aromatic nitrogens is 2. The first kappa shape index (κ1) is 21.1.